The molecular formula is C23H32N4O3. The molecule has 7 heteroatoms. The van der Waals surface area contributed by atoms with Crippen molar-refractivity contribution in [1.29, 1.82) is 0 Å². The van der Waals surface area contributed by atoms with Gasteiger partial charge in [-0.15, -0.1) is 0 Å². The van der Waals surface area contributed by atoms with Crippen LogP contribution < -0.4 is 10.1 Å². The van der Waals surface area contributed by atoms with Crippen molar-refractivity contribution in [3.63, 3.8) is 0 Å². The van der Waals surface area contributed by atoms with Gasteiger partial charge in [0.2, 0.25) is 5.91 Å². The molecule has 1 aromatic heterocycles. The Morgan fingerprint density at radius 1 is 1.20 bits per heavy atom. The maximum absolute atomic E-state index is 13.2. The molecule has 1 aliphatic carbocycles. The highest BCUT2D eigenvalue weighted by molar-refractivity contribution is 5.92. The predicted octanol–water partition coefficient (Wildman–Crippen LogP) is 3.71. The lowest BCUT2D eigenvalue weighted by Crippen LogP contribution is -2.46. The molecule has 0 spiro atoms. The molecule has 1 aliphatic rings. The van der Waals surface area contributed by atoms with Gasteiger partial charge in [-0.1, -0.05) is 13.8 Å². The van der Waals surface area contributed by atoms with Crippen LogP contribution in [0, 0.1) is 5.92 Å². The van der Waals surface area contributed by atoms with Crippen molar-refractivity contribution in [2.45, 2.75) is 39.3 Å². The molecule has 0 unspecified atom stereocenters. The Balaban J connectivity index is 1.67. The number of hydrogen-bond acceptors (Lipinski definition) is 3. The third kappa shape index (κ3) is 5.78. The van der Waals surface area contributed by atoms with Gasteiger partial charge in [-0.2, -0.15) is 0 Å². The molecule has 0 atom stereocenters. The lowest BCUT2D eigenvalue weighted by Gasteiger charge is -2.29. The maximum atomic E-state index is 13.2. The van der Waals surface area contributed by atoms with E-state index in [9.17, 15) is 9.59 Å². The summed E-state index contributed by atoms with van der Waals surface area (Å²) in [4.78, 5) is 29.6. The van der Waals surface area contributed by atoms with Crippen LogP contribution in [0.15, 0.2) is 42.6 Å². The number of ether oxygens (including phenoxy) is 1. The Labute approximate surface area is 178 Å². The Morgan fingerprint density at radius 2 is 1.90 bits per heavy atom. The molecule has 1 heterocycles. The lowest BCUT2D eigenvalue weighted by molar-refractivity contribution is -0.133. The lowest BCUT2D eigenvalue weighted by atomic mass is 10.2. The zero-order chi connectivity index (χ0) is 21.7. The Morgan fingerprint density at radius 3 is 2.43 bits per heavy atom. The van der Waals surface area contributed by atoms with Crippen LogP contribution >= 0.6 is 0 Å². The van der Waals surface area contributed by atoms with Gasteiger partial charge in [-0.05, 0) is 55.2 Å². The van der Waals surface area contributed by atoms with Crippen LogP contribution in [-0.4, -0.2) is 52.5 Å². The van der Waals surface area contributed by atoms with E-state index in [1.807, 2.05) is 34.8 Å². The van der Waals surface area contributed by atoms with Gasteiger partial charge in [0.25, 0.3) is 0 Å². The van der Waals surface area contributed by atoms with Crippen molar-refractivity contribution in [3.05, 3.63) is 48.3 Å². The van der Waals surface area contributed by atoms with Gasteiger partial charge >= 0.3 is 6.03 Å². The third-order valence-corrected chi connectivity index (χ3v) is 5.24. The molecule has 1 aromatic carbocycles. The van der Waals surface area contributed by atoms with Gasteiger partial charge in [0.1, 0.15) is 12.3 Å². The highest BCUT2D eigenvalue weighted by atomic mass is 16.5. The first-order valence-corrected chi connectivity index (χ1v) is 10.5. The highest BCUT2D eigenvalue weighted by Gasteiger charge is 2.35. The zero-order valence-corrected chi connectivity index (χ0v) is 18.3. The second kappa shape index (κ2) is 9.69. The summed E-state index contributed by atoms with van der Waals surface area (Å²) in [5.74, 6) is 1.05. The molecule has 0 radical (unpaired) electrons. The molecule has 0 saturated heterocycles. The quantitative estimate of drug-likeness (QED) is 0.683. The van der Waals surface area contributed by atoms with Crippen LogP contribution in [0.1, 0.15) is 32.4 Å². The fourth-order valence-electron chi connectivity index (χ4n) is 3.42. The normalized spacial score (nSPS) is 13.2. The summed E-state index contributed by atoms with van der Waals surface area (Å²) in [6.45, 7) is 5.48. The first kappa shape index (κ1) is 21.7. The van der Waals surface area contributed by atoms with Crippen LogP contribution in [-0.2, 0) is 18.4 Å². The van der Waals surface area contributed by atoms with E-state index < -0.39 is 0 Å². The summed E-state index contributed by atoms with van der Waals surface area (Å²) in [7, 11) is 3.58. The number of aromatic nitrogens is 1. The molecule has 162 valence electrons. The van der Waals surface area contributed by atoms with Gasteiger partial charge in [0.15, 0.2) is 0 Å². The second-order valence-corrected chi connectivity index (χ2v) is 8.30. The van der Waals surface area contributed by atoms with Gasteiger partial charge in [0.05, 0.1) is 13.7 Å². The van der Waals surface area contributed by atoms with E-state index in [4.69, 9.17) is 4.74 Å². The molecule has 0 bridgehead atoms. The van der Waals surface area contributed by atoms with Gasteiger partial charge in [-0.25, -0.2) is 4.79 Å². The van der Waals surface area contributed by atoms with Crippen LogP contribution in [0.25, 0.3) is 0 Å². The number of methoxy groups -OCH3 is 1. The van der Waals surface area contributed by atoms with E-state index in [1.165, 1.54) is 0 Å². The molecule has 30 heavy (non-hydrogen) atoms. The standard InChI is InChI=1S/C23H32N4O3/c1-17(2)14-26(15-20-6-5-13-25(20)3)22(28)16-27(19-9-10-19)23(29)24-18-7-11-21(30-4)12-8-18/h5-8,11-13,17,19H,9-10,14-16H2,1-4H3,(H,24,29). The fraction of sp³-hybridized carbons (Fsp3) is 0.478. The Kier molecular flexibility index (Phi) is 7.03. The number of nitrogens with one attached hydrogen (secondary N) is 1. The summed E-state index contributed by atoms with van der Waals surface area (Å²) in [6.07, 6.45) is 3.85. The number of amides is 3. The predicted molar refractivity (Wildman–Crippen MR) is 117 cm³/mol. The summed E-state index contributed by atoms with van der Waals surface area (Å²) < 4.78 is 7.18. The van der Waals surface area contributed by atoms with Crippen molar-refractivity contribution < 1.29 is 14.3 Å². The minimum Gasteiger partial charge on any atom is -0.497 e. The maximum Gasteiger partial charge on any atom is 0.322 e. The van der Waals surface area contributed by atoms with Crippen molar-refractivity contribution in [3.8, 4) is 5.75 Å². The minimum atomic E-state index is -0.237. The van der Waals surface area contributed by atoms with Crippen molar-refractivity contribution in [2.24, 2.45) is 13.0 Å². The molecule has 3 rings (SSSR count). The molecule has 2 aromatic rings. The summed E-state index contributed by atoms with van der Waals surface area (Å²) in [5, 5.41) is 2.91. The van der Waals surface area contributed by atoms with Crippen molar-refractivity contribution in [1.82, 2.24) is 14.4 Å². The highest BCUT2D eigenvalue weighted by Crippen LogP contribution is 2.28. The van der Waals surface area contributed by atoms with Crippen LogP contribution in [0.3, 0.4) is 0 Å². The summed E-state index contributed by atoms with van der Waals surface area (Å²) >= 11 is 0. The van der Waals surface area contributed by atoms with Crippen molar-refractivity contribution in [2.75, 3.05) is 25.5 Å². The first-order chi connectivity index (χ1) is 14.4. The number of aryl methyl sites for hydroxylation is 1. The second-order valence-electron chi connectivity index (χ2n) is 8.30. The van der Waals surface area contributed by atoms with E-state index in [-0.39, 0.29) is 24.5 Å². The minimum absolute atomic E-state index is 0.0262. The fourth-order valence-corrected chi connectivity index (χ4v) is 3.42. The number of hydrogen-bond donors (Lipinski definition) is 1. The van der Waals surface area contributed by atoms with Gasteiger partial charge in [0, 0.05) is 37.2 Å². The first-order valence-electron chi connectivity index (χ1n) is 10.5. The number of anilines is 1. The molecule has 1 saturated carbocycles. The number of carbonyl (C=O) groups excluding carboxylic acids is 2. The van der Waals surface area contributed by atoms with E-state index in [1.54, 1.807) is 36.3 Å². The largest absolute Gasteiger partial charge is 0.497 e. The molecule has 7 nitrogen and oxygen atoms in total. The molecule has 3 amide bonds. The van der Waals surface area contributed by atoms with E-state index in [2.05, 4.69) is 19.2 Å². The Hall–Kier alpha value is -2.96. The van der Waals surface area contributed by atoms with Gasteiger partial charge < -0.3 is 24.4 Å². The molecule has 0 aliphatic heterocycles. The smallest absolute Gasteiger partial charge is 0.322 e. The van der Waals surface area contributed by atoms with Crippen LogP contribution in [0.4, 0.5) is 10.5 Å². The van der Waals surface area contributed by atoms with E-state index in [0.29, 0.717) is 24.7 Å². The monoisotopic (exact) mass is 412 g/mol. The number of benzene rings is 1. The average Bonchev–Trinajstić information content (AvgIpc) is 3.48. The van der Waals surface area contributed by atoms with Crippen LogP contribution in [0.5, 0.6) is 5.75 Å². The number of urea groups is 1. The number of nitrogens with zero attached hydrogens (tertiary/aromatic N) is 3. The topological polar surface area (TPSA) is 66.8 Å². The molecular weight excluding hydrogens is 380 g/mol. The average molecular weight is 413 g/mol. The van der Waals surface area contributed by atoms with Crippen LogP contribution in [0.2, 0.25) is 0 Å². The number of rotatable bonds is 9. The third-order valence-electron chi connectivity index (χ3n) is 5.24. The molecule has 1 fully saturated rings. The molecule has 1 N–H and O–H groups in total. The van der Waals surface area contributed by atoms with E-state index in [0.717, 1.165) is 24.3 Å². The van der Waals surface area contributed by atoms with Gasteiger partial charge in [-0.3, -0.25) is 4.79 Å². The number of carbonyl (C=O) groups is 2. The SMILES string of the molecule is COc1ccc(NC(=O)N(CC(=O)N(Cc2cccn2C)CC(C)C)C2CC2)cc1. The van der Waals surface area contributed by atoms with E-state index >= 15 is 0 Å². The summed E-state index contributed by atoms with van der Waals surface area (Å²) in [6, 6.07) is 11.1. The van der Waals surface area contributed by atoms with Crippen molar-refractivity contribution >= 4 is 17.6 Å². The zero-order valence-electron chi connectivity index (χ0n) is 18.3. The summed E-state index contributed by atoms with van der Waals surface area (Å²) in [5.41, 5.74) is 1.76. The Bertz CT molecular complexity index is 856.